The van der Waals surface area contributed by atoms with Crippen LogP contribution in [0.1, 0.15) is 40.3 Å². The van der Waals surface area contributed by atoms with Gasteiger partial charge in [-0.2, -0.15) is 13.2 Å². The van der Waals surface area contributed by atoms with E-state index in [1.807, 2.05) is 66.7 Å². The van der Waals surface area contributed by atoms with E-state index in [9.17, 15) is 22.8 Å². The van der Waals surface area contributed by atoms with Gasteiger partial charge in [-0.15, -0.1) is 0 Å². The van der Waals surface area contributed by atoms with Gasteiger partial charge in [0.05, 0.1) is 17.3 Å². The number of hydrogen-bond donors (Lipinski definition) is 0. The highest BCUT2D eigenvalue weighted by Crippen LogP contribution is 2.34. The molecular formula is C36H29F3N2O5S. The fraction of sp³-hybridized carbons (Fsp3) is 0.194. The molecule has 0 saturated carbocycles. The van der Waals surface area contributed by atoms with Gasteiger partial charge < -0.3 is 14.0 Å². The summed E-state index contributed by atoms with van der Waals surface area (Å²) in [5.41, 5.74) is 2.56. The minimum absolute atomic E-state index is 0.0173. The summed E-state index contributed by atoms with van der Waals surface area (Å²) in [5.74, 6) is -0.235. The number of nitrogens with zero attached hydrogens (tertiary/aromatic N) is 2. The zero-order valence-corrected chi connectivity index (χ0v) is 25.7. The van der Waals surface area contributed by atoms with Crippen LogP contribution in [0.25, 0.3) is 0 Å². The second-order valence-corrected chi connectivity index (χ2v) is 12.1. The molecule has 1 aliphatic heterocycles. The molecule has 240 valence electrons. The van der Waals surface area contributed by atoms with Crippen LogP contribution in [0.2, 0.25) is 0 Å². The summed E-state index contributed by atoms with van der Waals surface area (Å²) in [7, 11) is 0. The summed E-state index contributed by atoms with van der Waals surface area (Å²) < 4.78 is 55.0. The Labute approximate surface area is 273 Å². The minimum atomic E-state index is -4.37. The second kappa shape index (κ2) is 14.2. The van der Waals surface area contributed by atoms with Gasteiger partial charge in [-0.05, 0) is 71.6 Å². The van der Waals surface area contributed by atoms with Crippen LogP contribution in [-0.4, -0.2) is 34.7 Å². The number of cyclic esters (lactones) is 1. The van der Waals surface area contributed by atoms with Gasteiger partial charge in [0.1, 0.15) is 25.2 Å². The summed E-state index contributed by atoms with van der Waals surface area (Å²) in [4.78, 5) is 28.9. The molecule has 0 radical (unpaired) electrons. The topological polar surface area (TPSA) is 81.9 Å². The molecule has 1 saturated heterocycles. The van der Waals surface area contributed by atoms with Crippen LogP contribution in [0, 0.1) is 0 Å². The molecule has 1 aliphatic rings. The van der Waals surface area contributed by atoms with Crippen LogP contribution < -0.4 is 4.74 Å². The summed E-state index contributed by atoms with van der Waals surface area (Å²) in [6.45, 7) is 0.405. The summed E-state index contributed by atoms with van der Waals surface area (Å²) in [6, 6.07) is 30.9. The number of aromatic nitrogens is 1. The van der Waals surface area contributed by atoms with Crippen molar-refractivity contribution in [3.63, 3.8) is 0 Å². The maximum Gasteiger partial charge on any atom is 0.416 e. The summed E-state index contributed by atoms with van der Waals surface area (Å²) >= 11 is 1.36. The first kappa shape index (κ1) is 31.9. The van der Waals surface area contributed by atoms with E-state index in [4.69, 9.17) is 14.0 Å². The number of carbonyl (C=O) groups is 2. The van der Waals surface area contributed by atoms with E-state index in [0.29, 0.717) is 22.8 Å². The Balaban J connectivity index is 1.10. The quantitative estimate of drug-likeness (QED) is 0.141. The number of alkyl halides is 3. The van der Waals surface area contributed by atoms with Crippen molar-refractivity contribution in [2.45, 2.75) is 47.4 Å². The number of hydrogen-bond acceptors (Lipinski definition) is 7. The molecule has 0 bridgehead atoms. The highest BCUT2D eigenvalue weighted by atomic mass is 32.2. The number of rotatable bonds is 11. The molecule has 2 atom stereocenters. The predicted molar refractivity (Wildman–Crippen MR) is 168 cm³/mol. The molecule has 0 spiro atoms. The summed E-state index contributed by atoms with van der Waals surface area (Å²) in [5, 5.41) is 4.08. The van der Waals surface area contributed by atoms with Crippen molar-refractivity contribution in [2.75, 3.05) is 6.61 Å². The van der Waals surface area contributed by atoms with E-state index >= 15 is 0 Å². The molecule has 1 fully saturated rings. The lowest BCUT2D eigenvalue weighted by Crippen LogP contribution is -2.40. The maximum absolute atomic E-state index is 13.6. The smallest absolute Gasteiger partial charge is 0.416 e. The number of halogens is 3. The van der Waals surface area contributed by atoms with Crippen molar-refractivity contribution >= 4 is 23.8 Å². The molecule has 11 heteroatoms. The van der Waals surface area contributed by atoms with Crippen LogP contribution >= 0.6 is 11.8 Å². The van der Waals surface area contributed by atoms with E-state index in [2.05, 4.69) is 5.16 Å². The van der Waals surface area contributed by atoms with Crippen molar-refractivity contribution in [1.29, 1.82) is 0 Å². The normalized spacial score (nSPS) is 15.3. The molecule has 5 aromatic rings. The molecule has 4 aromatic carbocycles. The van der Waals surface area contributed by atoms with Gasteiger partial charge in [-0.3, -0.25) is 4.79 Å². The number of benzene rings is 4. The van der Waals surface area contributed by atoms with E-state index in [1.165, 1.54) is 35.1 Å². The largest absolute Gasteiger partial charge is 0.489 e. The number of carbonyl (C=O) groups excluding carboxylic acids is 2. The van der Waals surface area contributed by atoms with E-state index in [-0.39, 0.29) is 25.5 Å². The van der Waals surface area contributed by atoms with Gasteiger partial charge in [0, 0.05) is 28.2 Å². The predicted octanol–water partition coefficient (Wildman–Crippen LogP) is 8.54. The Hall–Kier alpha value is -5.03. The van der Waals surface area contributed by atoms with Crippen molar-refractivity contribution in [1.82, 2.24) is 10.1 Å². The molecule has 6 rings (SSSR count). The van der Waals surface area contributed by atoms with Crippen LogP contribution in [-0.2, 0) is 28.7 Å². The Kier molecular flexibility index (Phi) is 9.63. The molecule has 0 N–H and O–H groups in total. The lowest BCUT2D eigenvalue weighted by Gasteiger charge is -2.22. The molecule has 1 unspecified atom stereocenters. The van der Waals surface area contributed by atoms with Gasteiger partial charge >= 0.3 is 12.3 Å². The van der Waals surface area contributed by atoms with Gasteiger partial charge in [0.2, 0.25) is 5.91 Å². The summed E-state index contributed by atoms with van der Waals surface area (Å²) in [6.07, 6.45) is -3.11. The van der Waals surface area contributed by atoms with Crippen LogP contribution in [0.3, 0.4) is 0 Å². The highest BCUT2D eigenvalue weighted by molar-refractivity contribution is 7.99. The van der Waals surface area contributed by atoms with Crippen LogP contribution in [0.15, 0.2) is 130 Å². The highest BCUT2D eigenvalue weighted by Gasteiger charge is 2.39. The second-order valence-electron chi connectivity index (χ2n) is 11.0. The van der Waals surface area contributed by atoms with Crippen molar-refractivity contribution in [3.05, 3.63) is 143 Å². The molecule has 2 heterocycles. The lowest BCUT2D eigenvalue weighted by atomic mass is 9.91. The third kappa shape index (κ3) is 8.04. The van der Waals surface area contributed by atoms with Crippen molar-refractivity contribution in [2.24, 2.45) is 0 Å². The molecule has 47 heavy (non-hydrogen) atoms. The fourth-order valence-electron chi connectivity index (χ4n) is 5.38. The van der Waals surface area contributed by atoms with Gasteiger partial charge in [0.25, 0.3) is 0 Å². The Morgan fingerprint density at radius 1 is 0.915 bits per heavy atom. The van der Waals surface area contributed by atoms with E-state index in [0.717, 1.165) is 33.7 Å². The number of imide groups is 1. The first-order chi connectivity index (χ1) is 22.7. The monoisotopic (exact) mass is 658 g/mol. The Bertz CT molecular complexity index is 1800. The molecular weight excluding hydrogens is 629 g/mol. The number of ether oxygens (including phenoxy) is 2. The number of amides is 2. The van der Waals surface area contributed by atoms with E-state index in [1.54, 1.807) is 18.2 Å². The fourth-order valence-corrected chi connectivity index (χ4v) is 6.28. The zero-order valence-electron chi connectivity index (χ0n) is 24.9. The van der Waals surface area contributed by atoms with E-state index < -0.39 is 29.8 Å². The van der Waals surface area contributed by atoms with Crippen molar-refractivity contribution in [3.8, 4) is 5.75 Å². The molecule has 7 nitrogen and oxygen atoms in total. The first-order valence-electron chi connectivity index (χ1n) is 14.8. The molecule has 0 aliphatic carbocycles. The standard InChI is InChI=1S/C36H29F3N2O5S/c37-36(38,39)27-11-15-30(16-12-27)47-31-8-4-7-25(20-31)22-44-29-13-9-26(10-14-29)32(33-17-18-46-40-33)21-34(42)41-28(23-45-35(41)43)19-24-5-2-1-3-6-24/h1-18,20,28,32H,19,21-23H2/t28-,32?/m0/s1. The Morgan fingerprint density at radius 2 is 1.66 bits per heavy atom. The Morgan fingerprint density at radius 3 is 2.36 bits per heavy atom. The van der Waals surface area contributed by atoms with Crippen molar-refractivity contribution < 1.29 is 36.8 Å². The SMILES string of the molecule is O=C(CC(c1ccc(OCc2cccc(Sc3ccc(C(F)(F)F)cc3)c2)cc1)c1ccon1)N1C(=O)OC[C@@H]1Cc1ccccc1. The van der Waals surface area contributed by atoms with Gasteiger partial charge in [0.15, 0.2) is 0 Å². The van der Waals surface area contributed by atoms with Crippen LogP contribution in [0.5, 0.6) is 5.75 Å². The van der Waals surface area contributed by atoms with Gasteiger partial charge in [-0.1, -0.05) is 71.5 Å². The minimum Gasteiger partial charge on any atom is -0.489 e. The maximum atomic E-state index is 13.6. The zero-order chi connectivity index (χ0) is 32.8. The lowest BCUT2D eigenvalue weighted by molar-refractivity contribution is -0.137. The average Bonchev–Trinajstić information content (AvgIpc) is 3.73. The van der Waals surface area contributed by atoms with Crippen LogP contribution in [0.4, 0.5) is 18.0 Å². The first-order valence-corrected chi connectivity index (χ1v) is 15.6. The third-order valence-electron chi connectivity index (χ3n) is 7.74. The molecule has 2 amide bonds. The third-order valence-corrected chi connectivity index (χ3v) is 8.74. The average molecular weight is 659 g/mol. The van der Waals surface area contributed by atoms with Gasteiger partial charge in [-0.25, -0.2) is 9.69 Å². The molecule has 1 aromatic heterocycles.